The molecule has 5 rings (SSSR count). The van der Waals surface area contributed by atoms with Gasteiger partial charge < -0.3 is 5.32 Å². The highest BCUT2D eigenvalue weighted by Gasteiger charge is 2.18. The lowest BCUT2D eigenvalue weighted by molar-refractivity contribution is -0.116. The molecule has 0 bridgehead atoms. The molecule has 3 aromatic carbocycles. The highest BCUT2D eigenvalue weighted by molar-refractivity contribution is 7.19. The maximum absolute atomic E-state index is 13.4. The van der Waals surface area contributed by atoms with Crippen LogP contribution in [0, 0.1) is 6.92 Å². The number of aromatic nitrogens is 2. The molecular formula is C27H21N3O2S. The summed E-state index contributed by atoms with van der Waals surface area (Å²) in [6.45, 7) is 1.87. The molecule has 0 atom stereocenters. The number of nitrogens with zero attached hydrogens (tertiary/aromatic N) is 2. The van der Waals surface area contributed by atoms with E-state index in [4.69, 9.17) is 0 Å². The number of hydrogen-bond donors (Lipinski definition) is 1. The van der Waals surface area contributed by atoms with Gasteiger partial charge in [-0.3, -0.25) is 14.2 Å². The van der Waals surface area contributed by atoms with Gasteiger partial charge in [0.1, 0.15) is 11.4 Å². The minimum Gasteiger partial charge on any atom is -0.324 e. The third-order valence-electron chi connectivity index (χ3n) is 5.52. The third kappa shape index (κ3) is 4.08. The van der Waals surface area contributed by atoms with E-state index in [9.17, 15) is 9.59 Å². The Morgan fingerprint density at radius 3 is 2.27 bits per heavy atom. The number of fused-ring (bicyclic) bond motifs is 1. The average molecular weight is 452 g/mol. The normalized spacial score (nSPS) is 10.9. The minimum atomic E-state index is -0.283. The third-order valence-corrected chi connectivity index (χ3v) is 6.53. The van der Waals surface area contributed by atoms with Crippen LogP contribution in [0.2, 0.25) is 0 Å². The van der Waals surface area contributed by atoms with E-state index in [0.717, 1.165) is 27.1 Å². The summed E-state index contributed by atoms with van der Waals surface area (Å²) in [5.74, 6) is -0.283. The van der Waals surface area contributed by atoms with E-state index < -0.39 is 0 Å². The lowest BCUT2D eigenvalue weighted by Gasteiger charge is -2.12. The average Bonchev–Trinajstić information content (AvgIpc) is 3.19. The van der Waals surface area contributed by atoms with Crippen LogP contribution >= 0.6 is 11.3 Å². The Morgan fingerprint density at radius 2 is 1.55 bits per heavy atom. The first-order valence-corrected chi connectivity index (χ1v) is 11.4. The number of benzene rings is 3. The van der Waals surface area contributed by atoms with Gasteiger partial charge in [-0.2, -0.15) is 0 Å². The van der Waals surface area contributed by atoms with Gasteiger partial charge in [0.25, 0.3) is 5.56 Å². The van der Waals surface area contributed by atoms with Crippen LogP contribution < -0.4 is 10.9 Å². The van der Waals surface area contributed by atoms with Crippen LogP contribution in [0.25, 0.3) is 32.5 Å². The summed E-state index contributed by atoms with van der Waals surface area (Å²) in [6, 6.07) is 27.3. The summed E-state index contributed by atoms with van der Waals surface area (Å²) in [5, 5.41) is 3.52. The van der Waals surface area contributed by atoms with Gasteiger partial charge in [-0.05, 0) is 24.1 Å². The van der Waals surface area contributed by atoms with E-state index in [1.807, 2.05) is 91.9 Å². The predicted molar refractivity (Wildman–Crippen MR) is 135 cm³/mol. The molecule has 2 heterocycles. The monoisotopic (exact) mass is 451 g/mol. The van der Waals surface area contributed by atoms with Gasteiger partial charge in [0, 0.05) is 21.7 Å². The topological polar surface area (TPSA) is 64.0 Å². The zero-order valence-corrected chi connectivity index (χ0v) is 18.8. The highest BCUT2D eigenvalue weighted by atomic mass is 32.1. The fraction of sp³-hybridized carbons (Fsp3) is 0.0741. The van der Waals surface area contributed by atoms with Crippen molar-refractivity contribution in [3.8, 4) is 22.3 Å². The summed E-state index contributed by atoms with van der Waals surface area (Å²) in [4.78, 5) is 32.5. The molecule has 1 N–H and O–H groups in total. The Hall–Kier alpha value is -4.03. The summed E-state index contributed by atoms with van der Waals surface area (Å²) < 4.78 is 1.38. The number of para-hydroxylation sites is 1. The number of aryl methyl sites for hydroxylation is 1. The predicted octanol–water partition coefficient (Wildman–Crippen LogP) is 5.74. The fourth-order valence-electron chi connectivity index (χ4n) is 4.01. The Balaban J connectivity index is 1.47. The molecule has 5 nitrogen and oxygen atoms in total. The quantitative estimate of drug-likeness (QED) is 0.371. The fourth-order valence-corrected chi connectivity index (χ4v) is 5.01. The maximum atomic E-state index is 13.4. The molecule has 1 amide bonds. The second kappa shape index (κ2) is 8.84. The molecule has 0 fully saturated rings. The summed E-state index contributed by atoms with van der Waals surface area (Å²) in [6.07, 6.45) is 1.46. The number of amides is 1. The number of hydrogen-bond acceptors (Lipinski definition) is 4. The Bertz CT molecular complexity index is 1510. The molecular weight excluding hydrogens is 430 g/mol. The van der Waals surface area contributed by atoms with E-state index >= 15 is 0 Å². The molecule has 6 heteroatoms. The Labute approximate surface area is 195 Å². The Morgan fingerprint density at radius 1 is 0.909 bits per heavy atom. The van der Waals surface area contributed by atoms with Crippen LogP contribution in [0.5, 0.6) is 0 Å². The van der Waals surface area contributed by atoms with Gasteiger partial charge >= 0.3 is 0 Å². The number of anilines is 1. The minimum absolute atomic E-state index is 0.117. The number of thiophene rings is 1. The molecule has 0 saturated heterocycles. The van der Waals surface area contributed by atoms with Crippen molar-refractivity contribution in [1.82, 2.24) is 9.55 Å². The number of nitrogens with one attached hydrogen (secondary N) is 1. The molecule has 0 saturated carbocycles. The second-order valence-electron chi connectivity index (χ2n) is 7.72. The molecule has 0 unspecified atom stereocenters. The lowest BCUT2D eigenvalue weighted by Crippen LogP contribution is -2.28. The number of carbonyl (C=O) groups excluding carboxylic acids is 1. The SMILES string of the molecule is Cc1sc2ncn(CC(=O)Nc3ccccc3-c3ccccc3)c(=O)c2c1-c1ccccc1. The van der Waals surface area contributed by atoms with Crippen LogP contribution in [0.4, 0.5) is 5.69 Å². The van der Waals surface area contributed by atoms with Crippen molar-refractivity contribution in [1.29, 1.82) is 0 Å². The number of carbonyl (C=O) groups is 1. The second-order valence-corrected chi connectivity index (χ2v) is 8.92. The molecule has 162 valence electrons. The Kier molecular flexibility index (Phi) is 5.59. The van der Waals surface area contributed by atoms with Gasteiger partial charge in [-0.1, -0.05) is 78.9 Å². The standard InChI is InChI=1S/C27H21N3O2S/c1-18-24(20-12-6-3-7-13-20)25-26(33-18)28-17-30(27(25)32)16-23(31)29-22-15-9-8-14-21(22)19-10-4-2-5-11-19/h2-15,17H,16H2,1H3,(H,29,31). The zero-order chi connectivity index (χ0) is 22.8. The van der Waals surface area contributed by atoms with Gasteiger partial charge in [0.2, 0.25) is 5.91 Å². The first-order chi connectivity index (χ1) is 16.1. The van der Waals surface area contributed by atoms with E-state index in [0.29, 0.717) is 15.9 Å². The molecule has 5 aromatic rings. The van der Waals surface area contributed by atoms with Crippen LogP contribution in [0.1, 0.15) is 4.88 Å². The van der Waals surface area contributed by atoms with Crippen LogP contribution in [0.3, 0.4) is 0 Å². The molecule has 33 heavy (non-hydrogen) atoms. The van der Waals surface area contributed by atoms with Crippen LogP contribution in [0.15, 0.2) is 96.1 Å². The molecule has 2 aromatic heterocycles. The first kappa shape index (κ1) is 20.8. The van der Waals surface area contributed by atoms with Crippen molar-refractivity contribution in [2.24, 2.45) is 0 Å². The number of rotatable bonds is 5. The van der Waals surface area contributed by atoms with Crippen molar-refractivity contribution >= 4 is 33.1 Å². The largest absolute Gasteiger partial charge is 0.324 e. The van der Waals surface area contributed by atoms with Crippen molar-refractivity contribution in [3.05, 3.63) is 106 Å². The van der Waals surface area contributed by atoms with Gasteiger partial charge in [0.05, 0.1) is 11.7 Å². The maximum Gasteiger partial charge on any atom is 0.263 e. The molecule has 0 aliphatic carbocycles. The summed E-state index contributed by atoms with van der Waals surface area (Å²) in [7, 11) is 0. The van der Waals surface area contributed by atoms with Crippen molar-refractivity contribution in [2.45, 2.75) is 13.5 Å². The molecule has 0 radical (unpaired) electrons. The zero-order valence-electron chi connectivity index (χ0n) is 18.0. The van der Waals surface area contributed by atoms with Gasteiger partial charge in [0.15, 0.2) is 0 Å². The first-order valence-electron chi connectivity index (χ1n) is 10.6. The van der Waals surface area contributed by atoms with E-state index in [1.165, 1.54) is 22.2 Å². The summed E-state index contributed by atoms with van der Waals surface area (Å²) in [5.41, 5.74) is 4.28. The van der Waals surface area contributed by atoms with Crippen molar-refractivity contribution in [3.63, 3.8) is 0 Å². The molecule has 0 aliphatic rings. The van der Waals surface area contributed by atoms with E-state index in [1.54, 1.807) is 0 Å². The van der Waals surface area contributed by atoms with E-state index in [-0.39, 0.29) is 18.0 Å². The van der Waals surface area contributed by atoms with Crippen LogP contribution in [-0.4, -0.2) is 15.5 Å². The highest BCUT2D eigenvalue weighted by Crippen LogP contribution is 2.35. The lowest BCUT2D eigenvalue weighted by atomic mass is 10.0. The van der Waals surface area contributed by atoms with Crippen LogP contribution in [-0.2, 0) is 11.3 Å². The van der Waals surface area contributed by atoms with Crippen molar-refractivity contribution in [2.75, 3.05) is 5.32 Å². The van der Waals surface area contributed by atoms with E-state index in [2.05, 4.69) is 10.3 Å². The van der Waals surface area contributed by atoms with Gasteiger partial charge in [-0.25, -0.2) is 4.98 Å². The smallest absolute Gasteiger partial charge is 0.263 e. The molecule has 0 spiro atoms. The molecule has 0 aliphatic heterocycles. The van der Waals surface area contributed by atoms with Gasteiger partial charge in [-0.15, -0.1) is 11.3 Å². The summed E-state index contributed by atoms with van der Waals surface area (Å²) >= 11 is 1.49. The van der Waals surface area contributed by atoms with Crippen molar-refractivity contribution < 1.29 is 4.79 Å².